The summed E-state index contributed by atoms with van der Waals surface area (Å²) in [4.78, 5) is 12.6. The molecule has 0 saturated heterocycles. The van der Waals surface area contributed by atoms with E-state index >= 15 is 0 Å². The first-order valence-corrected chi connectivity index (χ1v) is 3.17. The summed E-state index contributed by atoms with van der Waals surface area (Å²) >= 11 is 0. The minimum absolute atomic E-state index is 0. The van der Waals surface area contributed by atoms with Crippen LogP contribution in [0.3, 0.4) is 0 Å². The molecule has 0 aliphatic carbocycles. The Kier molecular flexibility index (Phi) is 9.22. The molecule has 12 heavy (non-hydrogen) atoms. The van der Waals surface area contributed by atoms with E-state index < -0.39 is 12.0 Å². The minimum Gasteiger partial charge on any atom is -0.480 e. The molecule has 0 aromatic rings. The molecule has 0 bridgehead atoms. The van der Waals surface area contributed by atoms with Gasteiger partial charge in [-0.1, -0.05) is 5.11 Å². The molecule has 1 atom stereocenters. The molecule has 6 nitrogen and oxygen atoms in total. The summed E-state index contributed by atoms with van der Waals surface area (Å²) < 4.78 is 0. The summed E-state index contributed by atoms with van der Waals surface area (Å²) in [6.07, 6.45) is 0.853. The lowest BCUT2D eigenvalue weighted by Crippen LogP contribution is -2.29. The van der Waals surface area contributed by atoms with Gasteiger partial charge in [-0.05, 0) is 18.4 Å². The Bertz CT molecular complexity index is 180. The lowest BCUT2D eigenvalue weighted by Gasteiger charge is -2.02. The van der Waals surface area contributed by atoms with Crippen molar-refractivity contribution in [3.8, 4) is 0 Å². The van der Waals surface area contributed by atoms with E-state index in [4.69, 9.17) is 16.4 Å². The Morgan fingerprint density at radius 1 is 1.75 bits per heavy atom. The number of rotatable bonds is 5. The zero-order chi connectivity index (χ0) is 8.69. The standard InChI is InChI=1S/C5H10N4O2.ClH/c6-4(5(10)11)2-1-3-8-9-7;/h4H,1-3,6H2,(H,10,11);1H. The smallest absolute Gasteiger partial charge is 0.320 e. The Balaban J connectivity index is 0. The lowest BCUT2D eigenvalue weighted by atomic mass is 10.2. The largest absolute Gasteiger partial charge is 0.480 e. The normalized spacial score (nSPS) is 10.8. The molecular formula is C5H11ClN4O2. The maximum Gasteiger partial charge on any atom is 0.320 e. The van der Waals surface area contributed by atoms with E-state index in [2.05, 4.69) is 10.0 Å². The van der Waals surface area contributed by atoms with Crippen molar-refractivity contribution in [1.29, 1.82) is 0 Å². The summed E-state index contributed by atoms with van der Waals surface area (Å²) in [5.74, 6) is -1.02. The van der Waals surface area contributed by atoms with Gasteiger partial charge in [-0.3, -0.25) is 4.79 Å². The molecule has 0 heterocycles. The van der Waals surface area contributed by atoms with Crippen LogP contribution < -0.4 is 5.73 Å². The first kappa shape index (κ1) is 13.6. The highest BCUT2D eigenvalue weighted by Crippen LogP contribution is 1.94. The molecule has 0 saturated carbocycles. The topological polar surface area (TPSA) is 112 Å². The van der Waals surface area contributed by atoms with Crippen LogP contribution in [0, 0.1) is 0 Å². The molecule has 1 unspecified atom stereocenters. The summed E-state index contributed by atoms with van der Waals surface area (Å²) in [7, 11) is 0. The van der Waals surface area contributed by atoms with E-state index in [0.29, 0.717) is 19.4 Å². The van der Waals surface area contributed by atoms with Crippen molar-refractivity contribution < 1.29 is 9.90 Å². The van der Waals surface area contributed by atoms with Crippen LogP contribution in [0.5, 0.6) is 0 Å². The van der Waals surface area contributed by atoms with Crippen LogP contribution in [-0.4, -0.2) is 23.7 Å². The average Bonchev–Trinajstić information content (AvgIpc) is 1.97. The third-order valence-corrected chi connectivity index (χ3v) is 1.15. The first-order valence-electron chi connectivity index (χ1n) is 3.17. The first-order chi connectivity index (χ1) is 5.18. The van der Waals surface area contributed by atoms with Crippen molar-refractivity contribution in [3.63, 3.8) is 0 Å². The molecule has 0 aromatic heterocycles. The van der Waals surface area contributed by atoms with E-state index in [1.165, 1.54) is 0 Å². The number of aliphatic carboxylic acids is 1. The summed E-state index contributed by atoms with van der Waals surface area (Å²) in [5.41, 5.74) is 13.0. The Morgan fingerprint density at radius 2 is 2.33 bits per heavy atom. The highest BCUT2D eigenvalue weighted by Gasteiger charge is 2.09. The van der Waals surface area contributed by atoms with Gasteiger partial charge in [0.1, 0.15) is 6.04 Å². The Morgan fingerprint density at radius 3 is 2.75 bits per heavy atom. The summed E-state index contributed by atoms with van der Waals surface area (Å²) in [5, 5.41) is 11.5. The van der Waals surface area contributed by atoms with Crippen LogP contribution in [0.25, 0.3) is 10.4 Å². The SMILES string of the molecule is Cl.[N-]=[N+]=NCCCC(N)C(=O)O. The number of carboxylic acids is 1. The van der Waals surface area contributed by atoms with E-state index in [-0.39, 0.29) is 12.4 Å². The van der Waals surface area contributed by atoms with Gasteiger partial charge < -0.3 is 10.8 Å². The number of hydrogen-bond acceptors (Lipinski definition) is 3. The van der Waals surface area contributed by atoms with E-state index in [9.17, 15) is 4.79 Å². The summed E-state index contributed by atoms with van der Waals surface area (Å²) in [6.45, 7) is 0.303. The van der Waals surface area contributed by atoms with Crippen LogP contribution in [0.4, 0.5) is 0 Å². The average molecular weight is 195 g/mol. The van der Waals surface area contributed by atoms with Gasteiger partial charge >= 0.3 is 5.97 Å². The van der Waals surface area contributed by atoms with Gasteiger partial charge in [-0.2, -0.15) is 0 Å². The Hall–Kier alpha value is -0.970. The summed E-state index contributed by atoms with van der Waals surface area (Å²) in [6, 6.07) is -0.844. The molecule has 0 radical (unpaired) electrons. The van der Waals surface area contributed by atoms with E-state index in [1.807, 2.05) is 0 Å². The second-order valence-electron chi connectivity index (χ2n) is 2.04. The van der Waals surface area contributed by atoms with Crippen LogP contribution in [0.2, 0.25) is 0 Å². The van der Waals surface area contributed by atoms with Crippen molar-refractivity contribution in [2.75, 3.05) is 6.54 Å². The number of halogens is 1. The Labute approximate surface area is 75.8 Å². The van der Waals surface area contributed by atoms with Crippen LogP contribution >= 0.6 is 12.4 Å². The monoisotopic (exact) mass is 194 g/mol. The highest BCUT2D eigenvalue weighted by atomic mass is 35.5. The maximum absolute atomic E-state index is 10.1. The number of azide groups is 1. The predicted octanol–water partition coefficient (Wildman–Crippen LogP) is 0.911. The van der Waals surface area contributed by atoms with E-state index in [1.54, 1.807) is 0 Å². The van der Waals surface area contributed by atoms with Crippen molar-refractivity contribution >= 4 is 18.4 Å². The van der Waals surface area contributed by atoms with Crippen LogP contribution in [-0.2, 0) is 4.79 Å². The molecule has 3 N–H and O–H groups in total. The van der Waals surface area contributed by atoms with Gasteiger partial charge in [0, 0.05) is 11.5 Å². The second kappa shape index (κ2) is 8.13. The van der Waals surface area contributed by atoms with Gasteiger partial charge in [0.2, 0.25) is 0 Å². The molecule has 0 fully saturated rings. The molecule has 0 rings (SSSR count). The molecule has 0 aliphatic rings. The van der Waals surface area contributed by atoms with Gasteiger partial charge in [0.25, 0.3) is 0 Å². The zero-order valence-corrected chi connectivity index (χ0v) is 7.20. The van der Waals surface area contributed by atoms with Gasteiger partial charge in [-0.15, -0.1) is 12.4 Å². The fourth-order valence-electron chi connectivity index (χ4n) is 0.550. The highest BCUT2D eigenvalue weighted by molar-refractivity contribution is 5.85. The van der Waals surface area contributed by atoms with Crippen molar-refractivity contribution in [3.05, 3.63) is 10.4 Å². The second-order valence-corrected chi connectivity index (χ2v) is 2.04. The molecule has 0 spiro atoms. The van der Waals surface area contributed by atoms with Crippen LogP contribution in [0.1, 0.15) is 12.8 Å². The third-order valence-electron chi connectivity index (χ3n) is 1.15. The number of nitrogens with zero attached hydrogens (tertiary/aromatic N) is 3. The quantitative estimate of drug-likeness (QED) is 0.294. The molecular weight excluding hydrogens is 184 g/mol. The molecule has 70 valence electrons. The number of carboxylic acid groups (broad SMARTS) is 1. The van der Waals surface area contributed by atoms with Gasteiger partial charge in [-0.25, -0.2) is 0 Å². The van der Waals surface area contributed by atoms with Crippen molar-refractivity contribution in [2.45, 2.75) is 18.9 Å². The predicted molar refractivity (Wildman–Crippen MR) is 46.1 cm³/mol. The van der Waals surface area contributed by atoms with Crippen molar-refractivity contribution in [1.82, 2.24) is 0 Å². The van der Waals surface area contributed by atoms with Crippen LogP contribution in [0.15, 0.2) is 5.11 Å². The molecule has 0 amide bonds. The molecule has 7 heteroatoms. The van der Waals surface area contributed by atoms with Crippen molar-refractivity contribution in [2.24, 2.45) is 10.8 Å². The fraction of sp³-hybridized carbons (Fsp3) is 0.800. The molecule has 0 aliphatic heterocycles. The minimum atomic E-state index is -1.02. The fourth-order valence-corrected chi connectivity index (χ4v) is 0.550. The number of nitrogens with two attached hydrogens (primary N) is 1. The third kappa shape index (κ3) is 7.14. The maximum atomic E-state index is 10.1. The number of hydrogen-bond donors (Lipinski definition) is 2. The molecule has 0 aromatic carbocycles. The zero-order valence-electron chi connectivity index (χ0n) is 6.38. The van der Waals surface area contributed by atoms with E-state index in [0.717, 1.165) is 0 Å². The number of carbonyl (C=O) groups is 1. The van der Waals surface area contributed by atoms with Gasteiger partial charge in [0.05, 0.1) is 0 Å². The van der Waals surface area contributed by atoms with Gasteiger partial charge in [0.15, 0.2) is 0 Å². The lowest BCUT2D eigenvalue weighted by molar-refractivity contribution is -0.138.